The Morgan fingerprint density at radius 2 is 1.90 bits per heavy atom. The van der Waals surface area contributed by atoms with Crippen LogP contribution in [0.2, 0.25) is 0 Å². The first kappa shape index (κ1) is 21.5. The molecule has 1 atom stereocenters. The number of benzene rings is 1. The Morgan fingerprint density at radius 1 is 1.16 bits per heavy atom. The normalized spacial score (nSPS) is 20.4. The lowest BCUT2D eigenvalue weighted by Crippen LogP contribution is -2.54. The number of carbonyl (C=O) groups excluding carboxylic acids is 2. The number of rotatable bonds is 6. The molecule has 0 spiro atoms. The minimum atomic E-state index is -0.517. The first-order valence-electron chi connectivity index (χ1n) is 11.2. The number of likely N-dealkylation sites (tertiary alicyclic amines) is 1. The van der Waals surface area contributed by atoms with E-state index in [2.05, 4.69) is 33.3 Å². The van der Waals surface area contributed by atoms with E-state index < -0.39 is 5.41 Å². The van der Waals surface area contributed by atoms with Gasteiger partial charge in [0.1, 0.15) is 6.04 Å². The number of aromatic nitrogens is 1. The highest BCUT2D eigenvalue weighted by Gasteiger charge is 2.43. The summed E-state index contributed by atoms with van der Waals surface area (Å²) in [7, 11) is 0. The summed E-state index contributed by atoms with van der Waals surface area (Å²) in [5.74, 6) is 0.221. The zero-order chi connectivity index (χ0) is 21.7. The van der Waals surface area contributed by atoms with Gasteiger partial charge in [0.15, 0.2) is 0 Å². The third kappa shape index (κ3) is 4.62. The molecule has 1 aromatic heterocycles. The molecule has 2 saturated heterocycles. The van der Waals surface area contributed by atoms with E-state index in [0.717, 1.165) is 29.7 Å². The first-order chi connectivity index (χ1) is 15.1. The van der Waals surface area contributed by atoms with Crippen LogP contribution >= 0.6 is 0 Å². The van der Waals surface area contributed by atoms with Crippen LogP contribution in [0.4, 0.5) is 0 Å². The van der Waals surface area contributed by atoms with E-state index >= 15 is 0 Å². The van der Waals surface area contributed by atoms with Crippen molar-refractivity contribution < 1.29 is 9.59 Å². The van der Waals surface area contributed by atoms with E-state index in [1.165, 1.54) is 0 Å². The second kappa shape index (κ2) is 9.58. The summed E-state index contributed by atoms with van der Waals surface area (Å²) in [6.45, 7) is 4.57. The van der Waals surface area contributed by atoms with Crippen LogP contribution in [-0.4, -0.2) is 53.9 Å². The van der Waals surface area contributed by atoms with Gasteiger partial charge in [-0.1, -0.05) is 24.3 Å². The molecule has 31 heavy (non-hydrogen) atoms. The maximum absolute atomic E-state index is 13.3. The van der Waals surface area contributed by atoms with E-state index in [4.69, 9.17) is 0 Å². The van der Waals surface area contributed by atoms with Crippen LogP contribution < -0.4 is 16.2 Å². The number of hydrogen-bond donors (Lipinski definition) is 3. The summed E-state index contributed by atoms with van der Waals surface area (Å²) in [6.07, 6.45) is 6.37. The Balaban J connectivity index is 1.56. The molecule has 0 radical (unpaired) electrons. The predicted octanol–water partition coefficient (Wildman–Crippen LogP) is 1.90. The standard InChI is InChI=1S/C24H31N5O2/c1-2-26-23(31)24(10-15-29(16-11-24)22(30)21-9-14-27-28-21)17-19-5-3-4-6-20(19)18-7-12-25-13-8-18/h3-8,12-13,21,27-28H,2,9-11,14-17H2,1H3,(H,26,31). The SMILES string of the molecule is CCNC(=O)C1(Cc2ccccc2-c2ccncc2)CCN(C(=O)C2CCNN2)CC1. The van der Waals surface area contributed by atoms with Gasteiger partial charge in [-0.25, -0.2) is 5.43 Å². The lowest BCUT2D eigenvalue weighted by Gasteiger charge is -2.41. The Morgan fingerprint density at radius 3 is 2.58 bits per heavy atom. The molecule has 2 aliphatic rings. The molecule has 164 valence electrons. The minimum Gasteiger partial charge on any atom is -0.356 e. The molecule has 1 unspecified atom stereocenters. The number of pyridine rings is 1. The molecule has 0 aliphatic carbocycles. The predicted molar refractivity (Wildman–Crippen MR) is 120 cm³/mol. The van der Waals surface area contributed by atoms with Crippen molar-refractivity contribution in [3.05, 3.63) is 54.4 Å². The number of hydrazine groups is 1. The monoisotopic (exact) mass is 421 g/mol. The Bertz CT molecular complexity index is 903. The lowest BCUT2D eigenvalue weighted by molar-refractivity contribution is -0.141. The van der Waals surface area contributed by atoms with E-state index in [0.29, 0.717) is 38.9 Å². The van der Waals surface area contributed by atoms with Crippen LogP contribution in [0.25, 0.3) is 11.1 Å². The molecule has 3 N–H and O–H groups in total. The smallest absolute Gasteiger partial charge is 0.241 e. The van der Waals surface area contributed by atoms with E-state index in [-0.39, 0.29) is 17.9 Å². The summed E-state index contributed by atoms with van der Waals surface area (Å²) < 4.78 is 0. The Hall–Kier alpha value is -2.77. The van der Waals surface area contributed by atoms with Crippen LogP contribution in [0, 0.1) is 5.41 Å². The van der Waals surface area contributed by atoms with Gasteiger partial charge in [0, 0.05) is 38.6 Å². The zero-order valence-electron chi connectivity index (χ0n) is 18.1. The quantitative estimate of drug-likeness (QED) is 0.663. The number of nitrogens with one attached hydrogen (secondary N) is 3. The van der Waals surface area contributed by atoms with Crippen LogP contribution in [0.15, 0.2) is 48.8 Å². The van der Waals surface area contributed by atoms with Crippen LogP contribution in [0.1, 0.15) is 31.7 Å². The molecule has 0 bridgehead atoms. The number of nitrogens with zero attached hydrogens (tertiary/aromatic N) is 2. The third-order valence-corrected chi connectivity index (χ3v) is 6.52. The van der Waals surface area contributed by atoms with Gasteiger partial charge in [0.2, 0.25) is 11.8 Å². The van der Waals surface area contributed by atoms with E-state index in [9.17, 15) is 9.59 Å². The zero-order valence-corrected chi connectivity index (χ0v) is 18.1. The number of carbonyl (C=O) groups is 2. The molecule has 2 amide bonds. The Kier molecular flexibility index (Phi) is 6.63. The molecule has 2 aromatic rings. The van der Waals surface area contributed by atoms with Gasteiger partial charge in [-0.3, -0.25) is 20.0 Å². The average molecular weight is 422 g/mol. The minimum absolute atomic E-state index is 0.0901. The fraction of sp³-hybridized carbons (Fsp3) is 0.458. The van der Waals surface area contributed by atoms with Crippen molar-refractivity contribution in [1.29, 1.82) is 0 Å². The van der Waals surface area contributed by atoms with Crippen molar-refractivity contribution in [3.63, 3.8) is 0 Å². The van der Waals surface area contributed by atoms with E-state index in [1.54, 1.807) is 12.4 Å². The molecule has 2 aliphatic heterocycles. The summed E-state index contributed by atoms with van der Waals surface area (Å²) in [5.41, 5.74) is 8.96. The fourth-order valence-electron chi connectivity index (χ4n) is 4.73. The second-order valence-corrected chi connectivity index (χ2v) is 8.45. The summed E-state index contributed by atoms with van der Waals surface area (Å²) in [4.78, 5) is 32.1. The highest BCUT2D eigenvalue weighted by Crippen LogP contribution is 2.38. The molecule has 4 rings (SSSR count). The van der Waals surface area contributed by atoms with Gasteiger partial charge in [-0.05, 0) is 61.4 Å². The highest BCUT2D eigenvalue weighted by molar-refractivity contribution is 5.85. The summed E-state index contributed by atoms with van der Waals surface area (Å²) >= 11 is 0. The maximum Gasteiger partial charge on any atom is 0.241 e. The van der Waals surface area contributed by atoms with Crippen molar-refractivity contribution in [3.8, 4) is 11.1 Å². The van der Waals surface area contributed by atoms with Gasteiger partial charge < -0.3 is 10.2 Å². The first-order valence-corrected chi connectivity index (χ1v) is 11.2. The number of piperidine rings is 1. The Labute approximate surface area is 183 Å². The van der Waals surface area contributed by atoms with Crippen LogP contribution in [0.5, 0.6) is 0 Å². The second-order valence-electron chi connectivity index (χ2n) is 8.45. The molecule has 3 heterocycles. The third-order valence-electron chi connectivity index (χ3n) is 6.52. The largest absolute Gasteiger partial charge is 0.356 e. The topological polar surface area (TPSA) is 86.4 Å². The van der Waals surface area contributed by atoms with Crippen LogP contribution in [-0.2, 0) is 16.0 Å². The van der Waals surface area contributed by atoms with Crippen molar-refractivity contribution >= 4 is 11.8 Å². The van der Waals surface area contributed by atoms with E-state index in [1.807, 2.05) is 36.1 Å². The molecular formula is C24H31N5O2. The molecule has 0 saturated carbocycles. The van der Waals surface area contributed by atoms with Crippen molar-refractivity contribution in [2.45, 2.75) is 38.6 Å². The van der Waals surface area contributed by atoms with Crippen molar-refractivity contribution in [1.82, 2.24) is 26.1 Å². The van der Waals surface area contributed by atoms with Gasteiger partial charge in [-0.2, -0.15) is 0 Å². The molecule has 7 nitrogen and oxygen atoms in total. The lowest BCUT2D eigenvalue weighted by atomic mass is 9.72. The molecular weight excluding hydrogens is 390 g/mol. The maximum atomic E-state index is 13.3. The van der Waals surface area contributed by atoms with Gasteiger partial charge in [-0.15, -0.1) is 0 Å². The number of hydrogen-bond acceptors (Lipinski definition) is 5. The molecule has 1 aromatic carbocycles. The molecule has 7 heteroatoms. The molecule has 2 fully saturated rings. The fourth-order valence-corrected chi connectivity index (χ4v) is 4.73. The summed E-state index contributed by atoms with van der Waals surface area (Å²) in [5, 5.41) is 3.06. The van der Waals surface area contributed by atoms with Gasteiger partial charge >= 0.3 is 0 Å². The summed E-state index contributed by atoms with van der Waals surface area (Å²) in [6, 6.07) is 12.1. The van der Waals surface area contributed by atoms with Crippen LogP contribution in [0.3, 0.4) is 0 Å². The highest BCUT2D eigenvalue weighted by atomic mass is 16.2. The van der Waals surface area contributed by atoms with Crippen molar-refractivity contribution in [2.75, 3.05) is 26.2 Å². The number of amides is 2. The van der Waals surface area contributed by atoms with Gasteiger partial charge in [0.25, 0.3) is 0 Å². The van der Waals surface area contributed by atoms with Crippen molar-refractivity contribution in [2.24, 2.45) is 5.41 Å². The van der Waals surface area contributed by atoms with Gasteiger partial charge in [0.05, 0.1) is 5.41 Å². The average Bonchev–Trinajstić information content (AvgIpc) is 3.35.